The van der Waals surface area contributed by atoms with Crippen LogP contribution in [0.1, 0.15) is 6.92 Å². The van der Waals surface area contributed by atoms with E-state index < -0.39 is 8.32 Å². The fraction of sp³-hybridized carbons (Fsp3) is 0.857. The monoisotopic (exact) mass is 174 g/mol. The van der Waals surface area contributed by atoms with Gasteiger partial charge in [-0.1, -0.05) is 0 Å². The van der Waals surface area contributed by atoms with E-state index in [1.165, 1.54) is 0 Å². The predicted octanol–water partition coefficient (Wildman–Crippen LogP) is 1.73. The minimum atomic E-state index is -1.44. The van der Waals surface area contributed by atoms with Crippen LogP contribution in [0.15, 0.2) is 5.10 Å². The van der Waals surface area contributed by atoms with E-state index in [4.69, 9.17) is 4.43 Å². The molecule has 0 rings (SSSR count). The Morgan fingerprint density at radius 2 is 1.73 bits per heavy atom. The van der Waals surface area contributed by atoms with Crippen molar-refractivity contribution < 1.29 is 4.43 Å². The Hall–Kier alpha value is -0.513. The van der Waals surface area contributed by atoms with Gasteiger partial charge < -0.3 is 4.43 Å². The molecule has 66 valence electrons. The number of nitrogens with zero attached hydrogens (tertiary/aromatic N) is 2. The van der Waals surface area contributed by atoms with Gasteiger partial charge in [-0.05, 0) is 19.6 Å². The Balaban J connectivity index is 3.97. The van der Waals surface area contributed by atoms with Crippen molar-refractivity contribution in [1.82, 2.24) is 5.01 Å². The Bertz CT molecular complexity index is 149. The topological polar surface area (TPSA) is 24.8 Å². The molecule has 0 saturated heterocycles. The standard InChI is InChI=1S/C7H18N2OSi/c1-7(8-9(2)3)10-11(4,5)6/h1-6H3. The molecule has 0 aromatic rings. The average Bonchev–Trinajstić information content (AvgIpc) is 1.53. The summed E-state index contributed by atoms with van der Waals surface area (Å²) in [6.45, 7) is 8.31. The van der Waals surface area contributed by atoms with Crippen molar-refractivity contribution in [3.05, 3.63) is 0 Å². The molecule has 0 radical (unpaired) electrons. The Kier molecular flexibility index (Phi) is 3.58. The summed E-state index contributed by atoms with van der Waals surface area (Å²) < 4.78 is 5.60. The van der Waals surface area contributed by atoms with Gasteiger partial charge in [0.25, 0.3) is 0 Å². The minimum Gasteiger partial charge on any atom is -0.534 e. The van der Waals surface area contributed by atoms with Gasteiger partial charge in [0.15, 0.2) is 5.90 Å². The van der Waals surface area contributed by atoms with Gasteiger partial charge in [-0.15, -0.1) is 5.10 Å². The van der Waals surface area contributed by atoms with Crippen LogP contribution in [0.2, 0.25) is 19.6 Å². The summed E-state index contributed by atoms with van der Waals surface area (Å²) in [5, 5.41) is 5.87. The van der Waals surface area contributed by atoms with Crippen molar-refractivity contribution in [2.24, 2.45) is 5.10 Å². The molecule has 0 amide bonds. The second-order valence-corrected chi connectivity index (χ2v) is 8.11. The van der Waals surface area contributed by atoms with E-state index >= 15 is 0 Å². The molecule has 0 aromatic heterocycles. The first-order valence-electron chi connectivity index (χ1n) is 3.73. The summed E-state index contributed by atoms with van der Waals surface area (Å²) in [7, 11) is 2.33. The molecule has 0 unspecified atom stereocenters. The summed E-state index contributed by atoms with van der Waals surface area (Å²) in [6, 6.07) is 0. The fourth-order valence-electron chi connectivity index (χ4n) is 0.745. The van der Waals surface area contributed by atoms with Gasteiger partial charge in [-0.2, -0.15) is 0 Å². The SMILES string of the molecule is CC(=NN(C)C)O[Si](C)(C)C. The molecule has 0 fully saturated rings. The highest BCUT2D eigenvalue weighted by atomic mass is 28.4. The van der Waals surface area contributed by atoms with Gasteiger partial charge >= 0.3 is 0 Å². The highest BCUT2D eigenvalue weighted by Crippen LogP contribution is 2.03. The van der Waals surface area contributed by atoms with E-state index in [-0.39, 0.29) is 0 Å². The third kappa shape index (κ3) is 7.38. The Labute approximate surface area is 70.2 Å². The second-order valence-electron chi connectivity index (χ2n) is 3.68. The first-order chi connectivity index (χ1) is 4.81. The van der Waals surface area contributed by atoms with Crippen molar-refractivity contribution in [2.45, 2.75) is 26.6 Å². The molecule has 0 aliphatic heterocycles. The van der Waals surface area contributed by atoms with Crippen molar-refractivity contribution in [2.75, 3.05) is 14.1 Å². The third-order valence-corrected chi connectivity index (χ3v) is 1.70. The van der Waals surface area contributed by atoms with E-state index in [2.05, 4.69) is 24.7 Å². The number of rotatable bonds is 2. The van der Waals surface area contributed by atoms with Crippen molar-refractivity contribution in [3.8, 4) is 0 Å². The predicted molar refractivity (Wildman–Crippen MR) is 51.2 cm³/mol. The smallest absolute Gasteiger partial charge is 0.243 e. The quantitative estimate of drug-likeness (QED) is 0.276. The first kappa shape index (κ1) is 10.5. The van der Waals surface area contributed by atoms with E-state index in [1.807, 2.05) is 21.0 Å². The molecule has 0 N–H and O–H groups in total. The van der Waals surface area contributed by atoms with Gasteiger partial charge in [0.05, 0.1) is 0 Å². The van der Waals surface area contributed by atoms with Crippen LogP contribution in [-0.2, 0) is 4.43 Å². The van der Waals surface area contributed by atoms with Crippen LogP contribution in [-0.4, -0.2) is 33.3 Å². The van der Waals surface area contributed by atoms with Crippen LogP contribution < -0.4 is 0 Å². The molecule has 0 aliphatic carbocycles. The maximum Gasteiger partial charge on any atom is 0.243 e. The summed E-state index contributed by atoms with van der Waals surface area (Å²) in [4.78, 5) is 0. The largest absolute Gasteiger partial charge is 0.534 e. The van der Waals surface area contributed by atoms with E-state index in [0.717, 1.165) is 5.90 Å². The molecule has 0 heterocycles. The van der Waals surface area contributed by atoms with Crippen molar-refractivity contribution >= 4 is 14.2 Å². The summed E-state index contributed by atoms with van der Waals surface area (Å²) in [5.74, 6) is 0.758. The Morgan fingerprint density at radius 3 is 2.00 bits per heavy atom. The van der Waals surface area contributed by atoms with Crippen LogP contribution in [0, 0.1) is 0 Å². The van der Waals surface area contributed by atoms with Crippen molar-refractivity contribution in [1.29, 1.82) is 0 Å². The molecule has 3 nitrogen and oxygen atoms in total. The van der Waals surface area contributed by atoms with E-state index in [1.54, 1.807) is 5.01 Å². The molecule has 4 heteroatoms. The normalized spacial score (nSPS) is 13.1. The van der Waals surface area contributed by atoms with Crippen LogP contribution in [0.5, 0.6) is 0 Å². The van der Waals surface area contributed by atoms with Gasteiger partial charge in [-0.25, -0.2) is 0 Å². The molecule has 0 saturated carbocycles. The number of hydrogen-bond acceptors (Lipinski definition) is 3. The highest BCUT2D eigenvalue weighted by Gasteiger charge is 2.16. The highest BCUT2D eigenvalue weighted by molar-refractivity contribution is 6.71. The molecule has 0 atom stereocenters. The second kappa shape index (κ2) is 3.76. The van der Waals surface area contributed by atoms with Crippen molar-refractivity contribution in [3.63, 3.8) is 0 Å². The molecule has 0 spiro atoms. The molecule has 11 heavy (non-hydrogen) atoms. The van der Waals surface area contributed by atoms with Gasteiger partial charge in [-0.3, -0.25) is 5.01 Å². The lowest BCUT2D eigenvalue weighted by atomic mass is 10.8. The zero-order valence-corrected chi connectivity index (χ0v) is 9.30. The average molecular weight is 174 g/mol. The van der Waals surface area contributed by atoms with Gasteiger partial charge in [0.1, 0.15) is 0 Å². The zero-order chi connectivity index (χ0) is 9.07. The summed E-state index contributed by atoms with van der Waals surface area (Å²) in [6.07, 6.45) is 0. The van der Waals surface area contributed by atoms with Crippen LogP contribution in [0.25, 0.3) is 0 Å². The maximum absolute atomic E-state index is 5.60. The summed E-state index contributed by atoms with van der Waals surface area (Å²) >= 11 is 0. The number of hydrazone groups is 1. The van der Waals surface area contributed by atoms with E-state index in [0.29, 0.717) is 0 Å². The molecule has 0 aliphatic rings. The van der Waals surface area contributed by atoms with Crippen LogP contribution >= 0.6 is 0 Å². The Morgan fingerprint density at radius 1 is 1.27 bits per heavy atom. The molecular formula is C7H18N2OSi. The lowest BCUT2D eigenvalue weighted by Crippen LogP contribution is -2.28. The van der Waals surface area contributed by atoms with E-state index in [9.17, 15) is 0 Å². The lowest BCUT2D eigenvalue weighted by molar-refractivity contribution is 0.411. The fourth-order valence-corrected chi connectivity index (χ4v) is 1.67. The maximum atomic E-state index is 5.60. The minimum absolute atomic E-state index is 0.758. The number of hydrogen-bond donors (Lipinski definition) is 0. The van der Waals surface area contributed by atoms with Crippen LogP contribution in [0.3, 0.4) is 0 Å². The molecule has 0 bridgehead atoms. The molecule has 0 aromatic carbocycles. The lowest BCUT2D eigenvalue weighted by Gasteiger charge is -2.19. The summed E-state index contributed by atoms with van der Waals surface area (Å²) in [5.41, 5.74) is 0. The van der Waals surface area contributed by atoms with Crippen LogP contribution in [0.4, 0.5) is 0 Å². The molecular weight excluding hydrogens is 156 g/mol. The third-order valence-electron chi connectivity index (χ3n) is 0.795. The first-order valence-corrected chi connectivity index (χ1v) is 7.13. The zero-order valence-electron chi connectivity index (χ0n) is 8.30. The van der Waals surface area contributed by atoms with Gasteiger partial charge in [0.2, 0.25) is 8.32 Å². The van der Waals surface area contributed by atoms with Gasteiger partial charge in [0, 0.05) is 21.0 Å².